The van der Waals surface area contributed by atoms with Gasteiger partial charge in [0.05, 0.1) is 0 Å². The summed E-state index contributed by atoms with van der Waals surface area (Å²) in [7, 11) is 0. The Labute approximate surface area is 121 Å². The molecule has 0 aromatic carbocycles. The molecular formula is C14H16N4OS. The summed E-state index contributed by atoms with van der Waals surface area (Å²) in [5.41, 5.74) is 0. The Balaban J connectivity index is 1.66. The molecule has 2 aromatic heterocycles. The Morgan fingerprint density at radius 1 is 1.35 bits per heavy atom. The SMILES string of the molecule is Cc1nnc2n1CCN(C(=O)C=Cc1cccs1)CC2. The lowest BCUT2D eigenvalue weighted by Gasteiger charge is -2.17. The zero-order valence-corrected chi connectivity index (χ0v) is 12.1. The summed E-state index contributed by atoms with van der Waals surface area (Å²) in [4.78, 5) is 15.2. The molecule has 3 heterocycles. The predicted octanol–water partition coefficient (Wildman–Crippen LogP) is 1.75. The van der Waals surface area contributed by atoms with Crippen molar-refractivity contribution in [2.24, 2.45) is 0 Å². The van der Waals surface area contributed by atoms with E-state index in [1.54, 1.807) is 17.4 Å². The smallest absolute Gasteiger partial charge is 0.246 e. The van der Waals surface area contributed by atoms with Crippen LogP contribution in [0.5, 0.6) is 0 Å². The number of fused-ring (bicyclic) bond motifs is 1. The maximum atomic E-state index is 12.2. The summed E-state index contributed by atoms with van der Waals surface area (Å²) < 4.78 is 2.09. The van der Waals surface area contributed by atoms with Gasteiger partial charge in [-0.2, -0.15) is 0 Å². The van der Waals surface area contributed by atoms with E-state index in [0.717, 1.165) is 29.5 Å². The number of nitrogens with zero attached hydrogens (tertiary/aromatic N) is 4. The Kier molecular flexibility index (Phi) is 3.64. The number of amides is 1. The van der Waals surface area contributed by atoms with Crippen LogP contribution in [0.3, 0.4) is 0 Å². The van der Waals surface area contributed by atoms with Crippen molar-refractivity contribution in [1.29, 1.82) is 0 Å². The zero-order valence-electron chi connectivity index (χ0n) is 11.3. The van der Waals surface area contributed by atoms with Crippen molar-refractivity contribution >= 4 is 23.3 Å². The molecule has 0 fully saturated rings. The van der Waals surface area contributed by atoms with Gasteiger partial charge in [-0.15, -0.1) is 21.5 Å². The monoisotopic (exact) mass is 288 g/mol. The summed E-state index contributed by atoms with van der Waals surface area (Å²) in [6.07, 6.45) is 4.30. The van der Waals surface area contributed by atoms with Gasteiger partial charge in [0.1, 0.15) is 11.6 Å². The number of carbonyl (C=O) groups excluding carboxylic acids is 1. The Bertz CT molecular complexity index is 630. The molecule has 0 radical (unpaired) electrons. The molecule has 1 amide bonds. The molecule has 1 aliphatic heterocycles. The predicted molar refractivity (Wildman–Crippen MR) is 78.4 cm³/mol. The molecule has 2 aromatic rings. The van der Waals surface area contributed by atoms with Crippen molar-refractivity contribution in [3.63, 3.8) is 0 Å². The van der Waals surface area contributed by atoms with Gasteiger partial charge in [0.2, 0.25) is 5.91 Å². The fraction of sp³-hybridized carbons (Fsp3) is 0.357. The van der Waals surface area contributed by atoms with Gasteiger partial charge in [-0.05, 0) is 24.4 Å². The van der Waals surface area contributed by atoms with Crippen LogP contribution < -0.4 is 0 Å². The van der Waals surface area contributed by atoms with E-state index in [4.69, 9.17) is 0 Å². The van der Waals surface area contributed by atoms with E-state index in [1.807, 2.05) is 35.4 Å². The van der Waals surface area contributed by atoms with E-state index in [0.29, 0.717) is 13.1 Å². The lowest BCUT2D eigenvalue weighted by atomic mass is 10.3. The molecular weight excluding hydrogens is 272 g/mol. The molecule has 0 bridgehead atoms. The lowest BCUT2D eigenvalue weighted by molar-refractivity contribution is -0.125. The van der Waals surface area contributed by atoms with Gasteiger partial charge < -0.3 is 9.47 Å². The fourth-order valence-electron chi connectivity index (χ4n) is 2.33. The third-order valence-electron chi connectivity index (χ3n) is 3.46. The standard InChI is InChI=1S/C14H16N4OS/c1-11-15-16-13-6-7-17(8-9-18(11)13)14(19)5-4-12-3-2-10-20-12/h2-5,10H,6-9H2,1H3. The van der Waals surface area contributed by atoms with Crippen molar-refractivity contribution in [1.82, 2.24) is 19.7 Å². The number of aromatic nitrogens is 3. The summed E-state index contributed by atoms with van der Waals surface area (Å²) >= 11 is 1.63. The number of hydrogen-bond donors (Lipinski definition) is 0. The first kappa shape index (κ1) is 13.1. The average Bonchev–Trinajstić information content (AvgIpc) is 3.02. The number of carbonyl (C=O) groups is 1. The van der Waals surface area contributed by atoms with E-state index in [1.165, 1.54) is 0 Å². The van der Waals surface area contributed by atoms with E-state index >= 15 is 0 Å². The third kappa shape index (κ3) is 2.65. The molecule has 0 unspecified atom stereocenters. The molecule has 0 saturated carbocycles. The first-order chi connectivity index (χ1) is 9.74. The highest BCUT2D eigenvalue weighted by Gasteiger charge is 2.19. The van der Waals surface area contributed by atoms with Crippen molar-refractivity contribution in [3.05, 3.63) is 40.1 Å². The maximum absolute atomic E-state index is 12.2. The summed E-state index contributed by atoms with van der Waals surface area (Å²) in [5.74, 6) is 1.96. The van der Waals surface area contributed by atoms with Gasteiger partial charge in [-0.25, -0.2) is 0 Å². The van der Waals surface area contributed by atoms with Gasteiger partial charge in [-0.1, -0.05) is 6.07 Å². The van der Waals surface area contributed by atoms with Crippen molar-refractivity contribution in [2.75, 3.05) is 13.1 Å². The quantitative estimate of drug-likeness (QED) is 0.791. The molecule has 104 valence electrons. The van der Waals surface area contributed by atoms with E-state index in [2.05, 4.69) is 14.8 Å². The van der Waals surface area contributed by atoms with Gasteiger partial charge >= 0.3 is 0 Å². The van der Waals surface area contributed by atoms with E-state index in [9.17, 15) is 4.79 Å². The zero-order chi connectivity index (χ0) is 13.9. The second kappa shape index (κ2) is 5.58. The average molecular weight is 288 g/mol. The molecule has 0 aliphatic carbocycles. The molecule has 0 spiro atoms. The van der Waals surface area contributed by atoms with Gasteiger partial charge in [0.25, 0.3) is 0 Å². The summed E-state index contributed by atoms with van der Waals surface area (Å²) in [6, 6.07) is 3.98. The van der Waals surface area contributed by atoms with E-state index < -0.39 is 0 Å². The molecule has 0 N–H and O–H groups in total. The number of rotatable bonds is 2. The van der Waals surface area contributed by atoms with Crippen molar-refractivity contribution in [2.45, 2.75) is 19.9 Å². The van der Waals surface area contributed by atoms with Crippen LogP contribution in [0.4, 0.5) is 0 Å². The van der Waals surface area contributed by atoms with Crippen LogP contribution in [0, 0.1) is 6.92 Å². The largest absolute Gasteiger partial charge is 0.337 e. The van der Waals surface area contributed by atoms with E-state index in [-0.39, 0.29) is 5.91 Å². The Morgan fingerprint density at radius 2 is 2.25 bits per heavy atom. The summed E-state index contributed by atoms with van der Waals surface area (Å²) in [6.45, 7) is 4.13. The van der Waals surface area contributed by atoms with Crippen LogP contribution in [-0.2, 0) is 17.8 Å². The molecule has 0 saturated heterocycles. The topological polar surface area (TPSA) is 51.0 Å². The molecule has 3 rings (SSSR count). The van der Waals surface area contributed by atoms with Crippen LogP contribution in [0.2, 0.25) is 0 Å². The highest BCUT2D eigenvalue weighted by molar-refractivity contribution is 7.10. The lowest BCUT2D eigenvalue weighted by Crippen LogP contribution is -2.32. The van der Waals surface area contributed by atoms with Crippen LogP contribution in [-0.4, -0.2) is 38.7 Å². The molecule has 6 heteroatoms. The molecule has 5 nitrogen and oxygen atoms in total. The number of hydrogen-bond acceptors (Lipinski definition) is 4. The van der Waals surface area contributed by atoms with Crippen LogP contribution >= 0.6 is 11.3 Å². The second-order valence-corrected chi connectivity index (χ2v) is 5.72. The minimum absolute atomic E-state index is 0.0646. The molecule has 20 heavy (non-hydrogen) atoms. The van der Waals surface area contributed by atoms with Gasteiger partial charge in [0, 0.05) is 37.0 Å². The first-order valence-corrected chi connectivity index (χ1v) is 7.51. The second-order valence-electron chi connectivity index (χ2n) is 4.74. The first-order valence-electron chi connectivity index (χ1n) is 6.63. The third-order valence-corrected chi connectivity index (χ3v) is 4.29. The van der Waals surface area contributed by atoms with Crippen LogP contribution in [0.1, 0.15) is 16.5 Å². The minimum atomic E-state index is 0.0646. The van der Waals surface area contributed by atoms with Crippen molar-refractivity contribution in [3.8, 4) is 0 Å². The van der Waals surface area contributed by atoms with Gasteiger partial charge in [0.15, 0.2) is 0 Å². The highest BCUT2D eigenvalue weighted by Crippen LogP contribution is 2.12. The summed E-state index contributed by atoms with van der Waals surface area (Å²) in [5, 5.41) is 10.2. The fourth-order valence-corrected chi connectivity index (χ4v) is 2.95. The minimum Gasteiger partial charge on any atom is -0.337 e. The van der Waals surface area contributed by atoms with Crippen molar-refractivity contribution < 1.29 is 4.79 Å². The normalized spacial score (nSPS) is 15.3. The maximum Gasteiger partial charge on any atom is 0.246 e. The molecule has 1 aliphatic rings. The number of aryl methyl sites for hydroxylation is 1. The Morgan fingerprint density at radius 3 is 3.05 bits per heavy atom. The Hall–Kier alpha value is -1.95. The number of thiophene rings is 1. The van der Waals surface area contributed by atoms with Crippen LogP contribution in [0.25, 0.3) is 6.08 Å². The highest BCUT2D eigenvalue weighted by atomic mass is 32.1. The van der Waals surface area contributed by atoms with Gasteiger partial charge in [-0.3, -0.25) is 4.79 Å². The molecule has 0 atom stereocenters. The van der Waals surface area contributed by atoms with Crippen LogP contribution in [0.15, 0.2) is 23.6 Å².